The minimum absolute atomic E-state index is 0.210. The Morgan fingerprint density at radius 2 is 1.77 bits per heavy atom. The summed E-state index contributed by atoms with van der Waals surface area (Å²) in [6.07, 6.45) is 0. The molecule has 0 radical (unpaired) electrons. The van der Waals surface area contributed by atoms with Gasteiger partial charge < -0.3 is 19.9 Å². The SMILES string of the molecule is COc1cccc(OCC(C)(O)CNCc2ccccc2)c1. The van der Waals surface area contributed by atoms with Crippen LogP contribution < -0.4 is 14.8 Å². The van der Waals surface area contributed by atoms with Gasteiger partial charge in [0.05, 0.1) is 7.11 Å². The van der Waals surface area contributed by atoms with Gasteiger partial charge in [-0.3, -0.25) is 0 Å². The molecule has 22 heavy (non-hydrogen) atoms. The molecule has 0 amide bonds. The number of rotatable bonds is 8. The second-order valence-electron chi connectivity index (χ2n) is 5.55. The van der Waals surface area contributed by atoms with Gasteiger partial charge in [-0.25, -0.2) is 0 Å². The number of hydrogen-bond acceptors (Lipinski definition) is 4. The van der Waals surface area contributed by atoms with E-state index >= 15 is 0 Å². The van der Waals surface area contributed by atoms with E-state index in [-0.39, 0.29) is 6.61 Å². The Bertz CT molecular complexity index is 570. The molecular formula is C18H23NO3. The van der Waals surface area contributed by atoms with Crippen LogP contribution in [0.5, 0.6) is 11.5 Å². The molecule has 0 bridgehead atoms. The third kappa shape index (κ3) is 5.39. The largest absolute Gasteiger partial charge is 0.497 e. The fraction of sp³-hybridized carbons (Fsp3) is 0.333. The zero-order chi connectivity index (χ0) is 15.8. The fourth-order valence-corrected chi connectivity index (χ4v) is 2.05. The van der Waals surface area contributed by atoms with Crippen LogP contribution in [-0.4, -0.2) is 31.0 Å². The van der Waals surface area contributed by atoms with Crippen molar-refractivity contribution in [3.63, 3.8) is 0 Å². The van der Waals surface area contributed by atoms with Gasteiger partial charge in [-0.1, -0.05) is 36.4 Å². The first-order valence-corrected chi connectivity index (χ1v) is 7.33. The summed E-state index contributed by atoms with van der Waals surface area (Å²) in [5.74, 6) is 1.42. The van der Waals surface area contributed by atoms with Crippen molar-refractivity contribution in [1.82, 2.24) is 5.32 Å². The molecule has 1 unspecified atom stereocenters. The highest BCUT2D eigenvalue weighted by Gasteiger charge is 2.21. The van der Waals surface area contributed by atoms with Gasteiger partial charge in [0.2, 0.25) is 0 Å². The van der Waals surface area contributed by atoms with Gasteiger partial charge in [0.1, 0.15) is 23.7 Å². The van der Waals surface area contributed by atoms with Crippen molar-refractivity contribution in [2.75, 3.05) is 20.3 Å². The van der Waals surface area contributed by atoms with E-state index in [9.17, 15) is 5.11 Å². The third-order valence-electron chi connectivity index (χ3n) is 3.27. The van der Waals surface area contributed by atoms with E-state index < -0.39 is 5.60 Å². The molecule has 4 nitrogen and oxygen atoms in total. The van der Waals surface area contributed by atoms with Crippen LogP contribution in [0.1, 0.15) is 12.5 Å². The summed E-state index contributed by atoms with van der Waals surface area (Å²) in [6.45, 7) is 3.13. The van der Waals surface area contributed by atoms with Gasteiger partial charge in [-0.2, -0.15) is 0 Å². The first-order valence-electron chi connectivity index (χ1n) is 7.33. The molecule has 0 saturated carbocycles. The molecular weight excluding hydrogens is 278 g/mol. The lowest BCUT2D eigenvalue weighted by molar-refractivity contribution is 0.0120. The molecule has 0 heterocycles. The second kappa shape index (κ2) is 7.82. The molecule has 0 aliphatic carbocycles. The lowest BCUT2D eigenvalue weighted by Gasteiger charge is -2.24. The van der Waals surface area contributed by atoms with Crippen LogP contribution in [0.3, 0.4) is 0 Å². The monoisotopic (exact) mass is 301 g/mol. The fourth-order valence-electron chi connectivity index (χ4n) is 2.05. The van der Waals surface area contributed by atoms with Gasteiger partial charge >= 0.3 is 0 Å². The minimum atomic E-state index is -0.947. The smallest absolute Gasteiger partial charge is 0.123 e. The van der Waals surface area contributed by atoms with Crippen molar-refractivity contribution in [2.45, 2.75) is 19.1 Å². The third-order valence-corrected chi connectivity index (χ3v) is 3.27. The van der Waals surface area contributed by atoms with E-state index in [1.54, 1.807) is 20.1 Å². The summed E-state index contributed by atoms with van der Waals surface area (Å²) in [5.41, 5.74) is 0.240. The zero-order valence-corrected chi connectivity index (χ0v) is 13.1. The van der Waals surface area contributed by atoms with Crippen LogP contribution in [0.2, 0.25) is 0 Å². The highest BCUT2D eigenvalue weighted by atomic mass is 16.5. The molecule has 2 rings (SSSR count). The Morgan fingerprint density at radius 1 is 1.05 bits per heavy atom. The maximum absolute atomic E-state index is 10.4. The van der Waals surface area contributed by atoms with Gasteiger partial charge in [0.15, 0.2) is 0 Å². The summed E-state index contributed by atoms with van der Waals surface area (Å²) >= 11 is 0. The molecule has 0 aliphatic rings. The topological polar surface area (TPSA) is 50.7 Å². The molecule has 1 atom stereocenters. The van der Waals surface area contributed by atoms with E-state index in [2.05, 4.69) is 17.4 Å². The first kappa shape index (κ1) is 16.3. The Morgan fingerprint density at radius 3 is 2.50 bits per heavy atom. The molecule has 0 fully saturated rings. The maximum atomic E-state index is 10.4. The van der Waals surface area contributed by atoms with Gasteiger partial charge in [-0.05, 0) is 24.6 Å². The normalized spacial score (nSPS) is 13.4. The van der Waals surface area contributed by atoms with Gasteiger partial charge in [-0.15, -0.1) is 0 Å². The average molecular weight is 301 g/mol. The summed E-state index contributed by atoms with van der Waals surface area (Å²) < 4.78 is 10.8. The van der Waals surface area contributed by atoms with Gasteiger partial charge in [0, 0.05) is 19.2 Å². The molecule has 0 aromatic heterocycles. The molecule has 0 spiro atoms. The van der Waals surface area contributed by atoms with Crippen LogP contribution in [0.25, 0.3) is 0 Å². The van der Waals surface area contributed by atoms with Crippen molar-refractivity contribution in [3.05, 3.63) is 60.2 Å². The van der Waals surface area contributed by atoms with Crippen molar-refractivity contribution in [1.29, 1.82) is 0 Å². The Kier molecular flexibility index (Phi) is 5.81. The molecule has 0 aliphatic heterocycles. The molecule has 2 aromatic rings. The molecule has 0 saturated heterocycles. The first-order chi connectivity index (χ1) is 10.6. The summed E-state index contributed by atoms with van der Waals surface area (Å²) in [4.78, 5) is 0. The maximum Gasteiger partial charge on any atom is 0.123 e. The Labute approximate surface area is 131 Å². The highest BCUT2D eigenvalue weighted by Crippen LogP contribution is 2.19. The second-order valence-corrected chi connectivity index (χ2v) is 5.55. The minimum Gasteiger partial charge on any atom is -0.497 e. The lowest BCUT2D eigenvalue weighted by Crippen LogP contribution is -2.42. The van der Waals surface area contributed by atoms with Crippen LogP contribution in [-0.2, 0) is 6.54 Å². The number of hydrogen-bond donors (Lipinski definition) is 2. The lowest BCUT2D eigenvalue weighted by atomic mass is 10.1. The Balaban J connectivity index is 1.78. The molecule has 118 valence electrons. The van der Waals surface area contributed by atoms with Crippen LogP contribution in [0.4, 0.5) is 0 Å². The van der Waals surface area contributed by atoms with E-state index in [1.807, 2.05) is 36.4 Å². The van der Waals surface area contributed by atoms with Crippen LogP contribution in [0, 0.1) is 0 Å². The van der Waals surface area contributed by atoms with Gasteiger partial charge in [0.25, 0.3) is 0 Å². The summed E-state index contributed by atoms with van der Waals surface area (Å²) in [7, 11) is 1.61. The number of aliphatic hydroxyl groups is 1. The Hall–Kier alpha value is -2.04. The quantitative estimate of drug-likeness (QED) is 0.787. The zero-order valence-electron chi connectivity index (χ0n) is 13.1. The van der Waals surface area contributed by atoms with Crippen LogP contribution in [0.15, 0.2) is 54.6 Å². The van der Waals surface area contributed by atoms with E-state index in [0.29, 0.717) is 12.3 Å². The van der Waals surface area contributed by atoms with Crippen molar-refractivity contribution in [3.8, 4) is 11.5 Å². The highest BCUT2D eigenvalue weighted by molar-refractivity contribution is 5.32. The van der Waals surface area contributed by atoms with Crippen molar-refractivity contribution in [2.24, 2.45) is 0 Å². The number of nitrogens with one attached hydrogen (secondary N) is 1. The molecule has 4 heteroatoms. The van der Waals surface area contributed by atoms with Crippen LogP contribution >= 0.6 is 0 Å². The van der Waals surface area contributed by atoms with Crippen molar-refractivity contribution < 1.29 is 14.6 Å². The summed E-state index contributed by atoms with van der Waals surface area (Å²) in [6, 6.07) is 17.4. The van der Waals surface area contributed by atoms with E-state index in [4.69, 9.17) is 9.47 Å². The van der Waals surface area contributed by atoms with E-state index in [1.165, 1.54) is 5.56 Å². The standard InChI is InChI=1S/C18H23NO3/c1-18(20,13-19-12-15-7-4-3-5-8-15)14-22-17-10-6-9-16(11-17)21-2/h3-11,19-20H,12-14H2,1-2H3. The molecule has 2 aromatic carbocycles. The number of ether oxygens (including phenoxy) is 2. The number of benzene rings is 2. The predicted molar refractivity (Wildman–Crippen MR) is 87.3 cm³/mol. The average Bonchev–Trinajstić information content (AvgIpc) is 2.54. The van der Waals surface area contributed by atoms with Crippen molar-refractivity contribution >= 4 is 0 Å². The predicted octanol–water partition coefficient (Wildman–Crippen LogP) is 2.61. The molecule has 2 N–H and O–H groups in total. The summed E-state index contributed by atoms with van der Waals surface area (Å²) in [5, 5.41) is 13.6. The number of methoxy groups -OCH3 is 1. The van der Waals surface area contributed by atoms with E-state index in [0.717, 1.165) is 12.3 Å².